The number of rotatable bonds is 3. The van der Waals surface area contributed by atoms with Crippen molar-refractivity contribution >= 4 is 57.4 Å². The van der Waals surface area contributed by atoms with Crippen LogP contribution in [0.4, 0.5) is 5.69 Å². The second-order valence-electron chi connectivity index (χ2n) is 5.56. The maximum absolute atomic E-state index is 12.5. The van der Waals surface area contributed by atoms with Gasteiger partial charge < -0.3 is 5.32 Å². The number of anilines is 1. The van der Waals surface area contributed by atoms with E-state index in [0.29, 0.717) is 20.5 Å². The summed E-state index contributed by atoms with van der Waals surface area (Å²) in [6, 6.07) is 14.7. The first-order valence-corrected chi connectivity index (χ1v) is 9.35. The van der Waals surface area contributed by atoms with Crippen molar-refractivity contribution in [2.45, 2.75) is 4.90 Å². The quantitative estimate of drug-likeness (QED) is 0.445. The summed E-state index contributed by atoms with van der Waals surface area (Å²) in [7, 11) is 0. The standard InChI is InChI=1S/C19H12ClN3OS2/c20-14-5-4-13(9-16(14)25)23-18(24)17-8-11-7-12(10-22-19(11)26-17)15-3-1-2-6-21-15/h1-10,25H,(H,23,24). The fraction of sp³-hybridized carbons (Fsp3) is 0. The fourth-order valence-corrected chi connectivity index (χ4v) is 3.71. The molecule has 0 aliphatic heterocycles. The molecule has 4 aromatic rings. The van der Waals surface area contributed by atoms with Crippen LogP contribution in [0.1, 0.15) is 9.67 Å². The minimum absolute atomic E-state index is 0.192. The highest BCUT2D eigenvalue weighted by Gasteiger charge is 2.13. The zero-order valence-corrected chi connectivity index (χ0v) is 15.8. The van der Waals surface area contributed by atoms with Crippen molar-refractivity contribution in [3.63, 3.8) is 0 Å². The number of hydrogen-bond donors (Lipinski definition) is 2. The largest absolute Gasteiger partial charge is 0.321 e. The molecule has 4 rings (SSSR count). The Bertz CT molecular complexity index is 1110. The molecule has 0 aliphatic carbocycles. The SMILES string of the molecule is O=C(Nc1ccc(Cl)c(S)c1)c1cc2cc(-c3ccccn3)cnc2s1. The van der Waals surface area contributed by atoms with Crippen LogP contribution in [-0.2, 0) is 0 Å². The molecule has 0 bridgehead atoms. The van der Waals surface area contributed by atoms with Crippen LogP contribution in [0, 0.1) is 0 Å². The van der Waals surface area contributed by atoms with Crippen LogP contribution in [0.25, 0.3) is 21.5 Å². The highest BCUT2D eigenvalue weighted by molar-refractivity contribution is 7.80. The lowest BCUT2D eigenvalue weighted by molar-refractivity contribution is 0.103. The molecule has 1 N–H and O–H groups in total. The third-order valence-corrected chi connectivity index (χ3v) is 5.65. The summed E-state index contributed by atoms with van der Waals surface area (Å²) in [4.78, 5) is 23.3. The van der Waals surface area contributed by atoms with Crippen molar-refractivity contribution in [2.24, 2.45) is 0 Å². The fourth-order valence-electron chi connectivity index (χ4n) is 2.50. The van der Waals surface area contributed by atoms with Gasteiger partial charge in [-0.3, -0.25) is 9.78 Å². The smallest absolute Gasteiger partial charge is 0.265 e. The van der Waals surface area contributed by atoms with Gasteiger partial charge in [0.2, 0.25) is 0 Å². The number of hydrogen-bond acceptors (Lipinski definition) is 5. The number of carbonyl (C=O) groups is 1. The van der Waals surface area contributed by atoms with E-state index in [-0.39, 0.29) is 5.91 Å². The van der Waals surface area contributed by atoms with Crippen LogP contribution in [0.15, 0.2) is 65.8 Å². The average Bonchev–Trinajstić information content (AvgIpc) is 3.09. The van der Waals surface area contributed by atoms with Gasteiger partial charge in [0, 0.05) is 33.9 Å². The summed E-state index contributed by atoms with van der Waals surface area (Å²) in [5.74, 6) is -0.192. The Balaban J connectivity index is 1.62. The predicted molar refractivity (Wildman–Crippen MR) is 110 cm³/mol. The molecular weight excluding hydrogens is 386 g/mol. The first-order chi connectivity index (χ1) is 12.6. The number of carbonyl (C=O) groups excluding carboxylic acids is 1. The molecule has 0 spiro atoms. The van der Waals surface area contributed by atoms with E-state index < -0.39 is 0 Å². The van der Waals surface area contributed by atoms with Gasteiger partial charge in [0.1, 0.15) is 4.83 Å². The predicted octanol–water partition coefficient (Wildman–Crippen LogP) is 5.55. The molecule has 3 heterocycles. The maximum atomic E-state index is 12.5. The Hall–Kier alpha value is -2.41. The van der Waals surface area contributed by atoms with Crippen molar-refractivity contribution in [3.8, 4) is 11.3 Å². The van der Waals surface area contributed by atoms with E-state index in [1.165, 1.54) is 11.3 Å². The molecule has 0 saturated heterocycles. The second-order valence-corrected chi connectivity index (χ2v) is 7.48. The lowest BCUT2D eigenvalue weighted by Gasteiger charge is -2.05. The highest BCUT2D eigenvalue weighted by atomic mass is 35.5. The minimum Gasteiger partial charge on any atom is -0.321 e. The number of amides is 1. The molecule has 0 fully saturated rings. The number of nitrogens with one attached hydrogen (secondary N) is 1. The molecule has 26 heavy (non-hydrogen) atoms. The van der Waals surface area contributed by atoms with Gasteiger partial charge in [0.05, 0.1) is 15.6 Å². The lowest BCUT2D eigenvalue weighted by Crippen LogP contribution is -2.09. The Kier molecular flexibility index (Phi) is 4.63. The average molecular weight is 398 g/mol. The lowest BCUT2D eigenvalue weighted by atomic mass is 10.1. The van der Waals surface area contributed by atoms with Gasteiger partial charge >= 0.3 is 0 Å². The number of pyridine rings is 2. The molecule has 0 aliphatic rings. The number of benzene rings is 1. The van der Waals surface area contributed by atoms with Crippen LogP contribution in [0.3, 0.4) is 0 Å². The molecule has 0 saturated carbocycles. The van der Waals surface area contributed by atoms with Crippen LogP contribution in [-0.4, -0.2) is 15.9 Å². The van der Waals surface area contributed by atoms with E-state index in [2.05, 4.69) is 27.9 Å². The highest BCUT2D eigenvalue weighted by Crippen LogP contribution is 2.29. The van der Waals surface area contributed by atoms with Crippen LogP contribution in [0.2, 0.25) is 5.02 Å². The summed E-state index contributed by atoms with van der Waals surface area (Å²) >= 11 is 11.6. The Labute approximate surface area is 164 Å². The Morgan fingerprint density at radius 1 is 1.12 bits per heavy atom. The van der Waals surface area contributed by atoms with Crippen molar-refractivity contribution in [2.75, 3.05) is 5.32 Å². The summed E-state index contributed by atoms with van der Waals surface area (Å²) in [6.07, 6.45) is 3.52. The summed E-state index contributed by atoms with van der Waals surface area (Å²) in [6.45, 7) is 0. The van der Waals surface area contributed by atoms with Gasteiger partial charge in [-0.1, -0.05) is 17.7 Å². The van der Waals surface area contributed by atoms with E-state index >= 15 is 0 Å². The summed E-state index contributed by atoms with van der Waals surface area (Å²) in [5.41, 5.74) is 2.41. The van der Waals surface area contributed by atoms with E-state index in [1.54, 1.807) is 30.6 Å². The van der Waals surface area contributed by atoms with Crippen molar-refractivity contribution in [1.82, 2.24) is 9.97 Å². The molecule has 7 heteroatoms. The van der Waals surface area contributed by atoms with Crippen LogP contribution < -0.4 is 5.32 Å². The molecule has 3 aromatic heterocycles. The third-order valence-electron chi connectivity index (χ3n) is 3.76. The second kappa shape index (κ2) is 7.07. The van der Waals surface area contributed by atoms with Gasteiger partial charge in [-0.15, -0.1) is 24.0 Å². The molecule has 128 valence electrons. The molecule has 0 radical (unpaired) electrons. The Morgan fingerprint density at radius 2 is 2.00 bits per heavy atom. The van der Waals surface area contributed by atoms with Crippen molar-refractivity contribution in [1.29, 1.82) is 0 Å². The zero-order chi connectivity index (χ0) is 18.1. The molecule has 1 aromatic carbocycles. The molecule has 1 amide bonds. The topological polar surface area (TPSA) is 54.9 Å². The van der Waals surface area contributed by atoms with Gasteiger partial charge in [0.25, 0.3) is 5.91 Å². The number of nitrogens with zero attached hydrogens (tertiary/aromatic N) is 2. The number of aromatic nitrogens is 2. The van der Waals surface area contributed by atoms with E-state index in [4.69, 9.17) is 11.6 Å². The van der Waals surface area contributed by atoms with Gasteiger partial charge in [-0.25, -0.2) is 4.98 Å². The first kappa shape index (κ1) is 17.0. The molecule has 4 nitrogen and oxygen atoms in total. The zero-order valence-electron chi connectivity index (χ0n) is 13.3. The minimum atomic E-state index is -0.192. The molecule has 0 atom stereocenters. The summed E-state index contributed by atoms with van der Waals surface area (Å²) < 4.78 is 0. The van der Waals surface area contributed by atoms with Crippen molar-refractivity contribution < 1.29 is 4.79 Å². The number of thiol groups is 1. The maximum Gasteiger partial charge on any atom is 0.265 e. The first-order valence-electron chi connectivity index (χ1n) is 7.71. The van der Waals surface area contributed by atoms with Gasteiger partial charge in [0.15, 0.2) is 0 Å². The third kappa shape index (κ3) is 3.44. The van der Waals surface area contributed by atoms with Gasteiger partial charge in [-0.05, 0) is 42.5 Å². The van der Waals surface area contributed by atoms with E-state index in [1.807, 2.05) is 30.3 Å². The van der Waals surface area contributed by atoms with Crippen LogP contribution >= 0.6 is 35.6 Å². The molecular formula is C19H12ClN3OS2. The van der Waals surface area contributed by atoms with E-state index in [9.17, 15) is 4.79 Å². The Morgan fingerprint density at radius 3 is 2.77 bits per heavy atom. The number of thiophene rings is 1. The van der Waals surface area contributed by atoms with Gasteiger partial charge in [-0.2, -0.15) is 0 Å². The summed E-state index contributed by atoms with van der Waals surface area (Å²) in [5, 5.41) is 4.31. The number of fused-ring (bicyclic) bond motifs is 1. The normalized spacial score (nSPS) is 10.8. The van der Waals surface area contributed by atoms with E-state index in [0.717, 1.165) is 21.5 Å². The van der Waals surface area contributed by atoms with Crippen LogP contribution in [0.5, 0.6) is 0 Å². The number of halogens is 1. The molecule has 0 unspecified atom stereocenters. The van der Waals surface area contributed by atoms with Crippen molar-refractivity contribution in [3.05, 3.63) is 70.8 Å². The monoisotopic (exact) mass is 397 g/mol.